The number of aliphatic hydroxyl groups excluding tert-OH is 1. The minimum atomic E-state index is -5.89. The fraction of sp³-hybridized carbons (Fsp3) is 0.294. The van der Waals surface area contributed by atoms with Crippen LogP contribution in [0.25, 0.3) is 0 Å². The lowest BCUT2D eigenvalue weighted by Gasteiger charge is -2.63. The molecule has 0 spiro atoms. The quantitative estimate of drug-likeness (QED) is 0.0994. The molecule has 2 unspecified atom stereocenters. The minimum Gasteiger partial charge on any atom is -0.462 e. The second-order valence-corrected chi connectivity index (χ2v) is 22.0. The van der Waals surface area contributed by atoms with Crippen molar-refractivity contribution in [1.82, 2.24) is 0 Å². The number of fused-ring (bicyclic) bond motifs is 1. The first-order valence-corrected chi connectivity index (χ1v) is 25.4. The van der Waals surface area contributed by atoms with Crippen LogP contribution in [-0.2, 0) is 63.2 Å². The Labute approximate surface area is 451 Å². The van der Waals surface area contributed by atoms with Gasteiger partial charge in [0.25, 0.3) is 0 Å². The SMILES string of the molecule is OC1C(c2ccccc2)[C@@]2(O)[C@@H]1O[C@@H](Oc1ccccc1)[C@H](OP(c1cc(C(F)(F)F)cc(C(F)(F)F)c1)c1cc(C(F)(F)F)cc(C(F)(F)F)c1)[C@H]2OP(c1cc(C(F)(F)F)cc(C(F)(F)F)c1)c1cc(C(F)(F)F)cc(C(F)(F)F)c1. The molecule has 2 N–H and O–H groups in total. The lowest BCUT2D eigenvalue weighted by Crippen LogP contribution is -2.81. The Morgan fingerprint density at radius 3 is 0.952 bits per heavy atom. The Balaban J connectivity index is 1.52. The molecule has 0 radical (unpaired) electrons. The van der Waals surface area contributed by atoms with E-state index in [0.717, 1.165) is 36.4 Å². The van der Waals surface area contributed by atoms with Gasteiger partial charge in [-0.1, -0.05) is 48.5 Å². The monoisotopic (exact) mass is 1260 g/mol. The summed E-state index contributed by atoms with van der Waals surface area (Å²) in [6.07, 6.45) is -60.8. The molecular weight excluding hydrogens is 1230 g/mol. The molecule has 2 fully saturated rings. The van der Waals surface area contributed by atoms with Crippen molar-refractivity contribution in [3.05, 3.63) is 184 Å². The predicted molar refractivity (Wildman–Crippen MR) is 244 cm³/mol. The van der Waals surface area contributed by atoms with E-state index in [1.54, 1.807) is 0 Å². The van der Waals surface area contributed by atoms with Crippen LogP contribution in [0.3, 0.4) is 0 Å². The van der Waals surface area contributed by atoms with Crippen molar-refractivity contribution in [3.63, 3.8) is 0 Å². The Morgan fingerprint density at radius 1 is 0.386 bits per heavy atom. The summed E-state index contributed by atoms with van der Waals surface area (Å²) in [5.74, 6) is -2.65. The Bertz CT molecular complexity index is 3020. The Hall–Kier alpha value is -5.90. The highest BCUT2D eigenvalue weighted by Gasteiger charge is 2.73. The summed E-state index contributed by atoms with van der Waals surface area (Å²) in [5.41, 5.74) is -22.4. The highest BCUT2D eigenvalue weighted by atomic mass is 31.1. The van der Waals surface area contributed by atoms with Gasteiger partial charge in [-0.15, -0.1) is 0 Å². The molecule has 2 aliphatic rings. The van der Waals surface area contributed by atoms with E-state index in [4.69, 9.17) is 18.5 Å². The fourth-order valence-corrected chi connectivity index (χ4v) is 13.1. The van der Waals surface area contributed by atoms with E-state index in [0.29, 0.717) is 0 Å². The zero-order chi connectivity index (χ0) is 61.6. The lowest BCUT2D eigenvalue weighted by molar-refractivity contribution is -0.366. The first-order chi connectivity index (χ1) is 37.9. The number of hydrogen-bond donors (Lipinski definition) is 2. The largest absolute Gasteiger partial charge is 0.462 e. The van der Waals surface area contributed by atoms with Crippen LogP contribution < -0.4 is 26.0 Å². The van der Waals surface area contributed by atoms with E-state index in [9.17, 15) is 116 Å². The van der Waals surface area contributed by atoms with Crippen molar-refractivity contribution in [3.8, 4) is 5.75 Å². The maximum Gasteiger partial charge on any atom is 0.416 e. The summed E-state index contributed by atoms with van der Waals surface area (Å²) in [6, 6.07) is 7.10. The van der Waals surface area contributed by atoms with Crippen LogP contribution in [0.4, 0.5) is 105 Å². The number of hydrogen-bond acceptors (Lipinski definition) is 6. The third-order valence-electron chi connectivity index (χ3n) is 12.7. The molecule has 1 aliphatic carbocycles. The lowest BCUT2D eigenvalue weighted by atomic mass is 9.57. The summed E-state index contributed by atoms with van der Waals surface area (Å²) in [5, 5.41) is 18.5. The van der Waals surface area contributed by atoms with Crippen LogP contribution in [0.15, 0.2) is 133 Å². The van der Waals surface area contributed by atoms with Crippen LogP contribution >= 0.6 is 16.3 Å². The maximum absolute atomic E-state index is 14.7. The summed E-state index contributed by atoms with van der Waals surface area (Å²) in [7, 11) is -8.80. The van der Waals surface area contributed by atoms with Crippen molar-refractivity contribution in [2.45, 2.75) is 91.6 Å². The van der Waals surface area contributed by atoms with Gasteiger partial charge in [0.2, 0.25) is 6.29 Å². The van der Waals surface area contributed by atoms with E-state index in [1.165, 1.54) is 24.3 Å². The van der Waals surface area contributed by atoms with Crippen molar-refractivity contribution in [2.24, 2.45) is 0 Å². The van der Waals surface area contributed by atoms with Crippen LogP contribution in [0.2, 0.25) is 0 Å². The molecule has 1 heterocycles. The Kier molecular flexibility index (Phi) is 16.6. The molecule has 0 bridgehead atoms. The number of benzene rings is 6. The molecule has 6 nitrogen and oxygen atoms in total. The van der Waals surface area contributed by atoms with Gasteiger partial charge in [0.1, 0.15) is 23.6 Å². The van der Waals surface area contributed by atoms with Crippen LogP contribution in [0.1, 0.15) is 56.0 Å². The maximum atomic E-state index is 14.7. The van der Waals surface area contributed by atoms with Crippen molar-refractivity contribution in [1.29, 1.82) is 0 Å². The molecule has 1 saturated heterocycles. The van der Waals surface area contributed by atoms with Gasteiger partial charge in [-0.25, -0.2) is 0 Å². The average molecular weight is 1260 g/mol. The van der Waals surface area contributed by atoms with Gasteiger partial charge in [-0.2, -0.15) is 105 Å². The number of aliphatic hydroxyl groups is 2. The van der Waals surface area contributed by atoms with Crippen LogP contribution in [-0.4, -0.2) is 46.5 Å². The van der Waals surface area contributed by atoms with Gasteiger partial charge in [0, 0.05) is 27.1 Å². The number of ether oxygens (including phenoxy) is 2. The van der Waals surface area contributed by atoms with Crippen LogP contribution in [0.5, 0.6) is 5.75 Å². The molecule has 8 rings (SSSR count). The van der Waals surface area contributed by atoms with Gasteiger partial charge in [-0.3, -0.25) is 0 Å². The van der Waals surface area contributed by atoms with Crippen molar-refractivity contribution in [2.75, 3.05) is 0 Å². The summed E-state index contributed by atoms with van der Waals surface area (Å²) in [6.45, 7) is 0. The number of alkyl halides is 24. The average Bonchev–Trinajstić information content (AvgIpc) is 0.914. The van der Waals surface area contributed by atoms with Gasteiger partial charge < -0.3 is 28.7 Å². The van der Waals surface area contributed by atoms with Gasteiger partial charge in [0.15, 0.2) is 6.10 Å². The molecule has 7 atom stereocenters. The molecular formula is C51H30F24O6P2. The molecule has 1 aliphatic heterocycles. The second-order valence-electron chi connectivity index (χ2n) is 18.4. The number of para-hydroxylation sites is 1. The molecule has 448 valence electrons. The highest BCUT2D eigenvalue weighted by molar-refractivity contribution is 7.69. The van der Waals surface area contributed by atoms with Gasteiger partial charge in [-0.05, 0) is 90.5 Å². The molecule has 32 heteroatoms. The molecule has 0 amide bonds. The summed E-state index contributed by atoms with van der Waals surface area (Å²) in [4.78, 5) is 0. The molecule has 6 aromatic carbocycles. The van der Waals surface area contributed by atoms with Crippen molar-refractivity contribution < 1.29 is 134 Å². The third-order valence-corrected chi connectivity index (χ3v) is 16.5. The van der Waals surface area contributed by atoms with Gasteiger partial charge >= 0.3 is 49.4 Å². The topological polar surface area (TPSA) is 77.4 Å². The summed E-state index contributed by atoms with van der Waals surface area (Å²) < 4.78 is 376. The molecule has 6 aromatic rings. The zero-order valence-corrected chi connectivity index (χ0v) is 41.9. The fourth-order valence-electron chi connectivity index (χ4n) is 9.04. The van der Waals surface area contributed by atoms with E-state index >= 15 is 0 Å². The first-order valence-electron chi connectivity index (χ1n) is 22.9. The number of halogens is 24. The zero-order valence-electron chi connectivity index (χ0n) is 40.2. The van der Waals surface area contributed by atoms with E-state index in [1.807, 2.05) is 0 Å². The third kappa shape index (κ3) is 13.5. The van der Waals surface area contributed by atoms with E-state index < -0.39 is 204 Å². The predicted octanol–water partition coefficient (Wildman–Crippen LogP) is 14.7. The smallest absolute Gasteiger partial charge is 0.416 e. The molecule has 1 saturated carbocycles. The molecule has 0 aromatic heterocycles. The molecule has 83 heavy (non-hydrogen) atoms. The Morgan fingerprint density at radius 2 is 0.663 bits per heavy atom. The van der Waals surface area contributed by atoms with Gasteiger partial charge in [0.05, 0.1) is 66.9 Å². The van der Waals surface area contributed by atoms with E-state index in [2.05, 4.69) is 0 Å². The van der Waals surface area contributed by atoms with E-state index in [-0.39, 0.29) is 54.1 Å². The van der Waals surface area contributed by atoms with Crippen LogP contribution in [0, 0.1) is 0 Å². The summed E-state index contributed by atoms with van der Waals surface area (Å²) >= 11 is 0. The normalized spacial score (nSPS) is 22.2. The second kappa shape index (κ2) is 21.9. The number of rotatable bonds is 11. The standard InChI is InChI=1S/C51H30F24O6P2/c52-44(53,54)24-11-25(45(55,56)57)16-33(15-24)82(34-17-26(46(58,59)60)12-27(18-34)47(61,62)63)80-39-41(43(77)37(23-7-3-1-4-8-23)38(76)40(43)79-42(39)78-32-9-5-2-6-10-32)81-83(35-19-28(48(64,65)66)13-29(20-35)49(67,68)69)36-21-30(50(70,71)72)14-31(22-36)51(73,74)75/h1-22,37-42,76-77H/t37?,38?,39-,40-,41-,42-,43-/m1/s1. The minimum absolute atomic E-state index is 0.256. The first kappa shape index (κ1) is 63.1. The van der Waals surface area contributed by atoms with Crippen molar-refractivity contribution >= 4 is 37.5 Å². The highest BCUT2D eigenvalue weighted by Crippen LogP contribution is 2.60.